The van der Waals surface area contributed by atoms with Crippen LogP contribution in [0.5, 0.6) is 5.75 Å². The fourth-order valence-corrected chi connectivity index (χ4v) is 4.60. The van der Waals surface area contributed by atoms with E-state index in [4.69, 9.17) is 4.74 Å². The molecule has 1 heterocycles. The highest BCUT2D eigenvalue weighted by Gasteiger charge is 2.31. The van der Waals surface area contributed by atoms with E-state index in [9.17, 15) is 22.4 Å². The molecular formula is C31H31F4N3O2. The summed E-state index contributed by atoms with van der Waals surface area (Å²) < 4.78 is 61.8. The number of hydrogen-bond acceptors (Lipinski definition) is 3. The van der Waals surface area contributed by atoms with Gasteiger partial charge in [-0.05, 0) is 64.9 Å². The molecule has 3 aromatic carbocycles. The minimum atomic E-state index is -4.47. The van der Waals surface area contributed by atoms with E-state index >= 15 is 0 Å². The zero-order chi connectivity index (χ0) is 28.5. The number of carbonyl (C=O) groups excluding carboxylic acids is 1. The van der Waals surface area contributed by atoms with Gasteiger partial charge in [0.2, 0.25) is 11.9 Å². The summed E-state index contributed by atoms with van der Waals surface area (Å²) >= 11 is 0. The Morgan fingerprint density at radius 2 is 1.60 bits per heavy atom. The molecule has 210 valence electrons. The predicted octanol–water partition coefficient (Wildman–Crippen LogP) is 7.69. The van der Waals surface area contributed by atoms with Crippen LogP contribution in [0.1, 0.15) is 55.2 Å². The normalized spacial score (nSPS) is 12.3. The minimum absolute atomic E-state index is 0.0326. The summed E-state index contributed by atoms with van der Waals surface area (Å²) in [7, 11) is 1.62. The molecule has 0 aliphatic rings. The number of benzene rings is 3. The number of aromatic amines is 1. The van der Waals surface area contributed by atoms with Crippen LogP contribution in [0.4, 0.5) is 17.6 Å². The minimum Gasteiger partial charge on any atom is -0.494 e. The first kappa shape index (κ1) is 28.9. The summed E-state index contributed by atoms with van der Waals surface area (Å²) in [5.41, 5.74) is 2.25. The molecule has 0 unspecified atom stereocenters. The molecule has 5 nitrogen and oxygen atoms in total. The Balaban J connectivity index is 1.62. The van der Waals surface area contributed by atoms with Gasteiger partial charge < -0.3 is 10.1 Å². The molecule has 2 N–H and O–H groups in total. The Morgan fingerprint density at radius 3 is 2.30 bits per heavy atom. The van der Waals surface area contributed by atoms with Gasteiger partial charge in [-0.15, -0.1) is 0 Å². The van der Waals surface area contributed by atoms with Gasteiger partial charge in [-0.3, -0.25) is 9.89 Å². The third kappa shape index (κ3) is 7.71. The first-order chi connectivity index (χ1) is 19.2. The van der Waals surface area contributed by atoms with Gasteiger partial charge in [0.05, 0.1) is 23.9 Å². The monoisotopic (exact) mass is 553 g/mol. The number of rotatable bonds is 12. The third-order valence-electron chi connectivity index (χ3n) is 6.59. The maximum atomic E-state index is 14.4. The van der Waals surface area contributed by atoms with Gasteiger partial charge in [0, 0.05) is 13.5 Å². The molecule has 0 spiro atoms. The number of unbranched alkanes of at least 4 members (excludes halogenated alkanes) is 3. The smallest absolute Gasteiger partial charge is 0.393 e. The fraction of sp³-hybridized carbons (Fsp3) is 0.290. The molecule has 1 amide bonds. The first-order valence-corrected chi connectivity index (χ1v) is 13.2. The highest BCUT2D eigenvalue weighted by molar-refractivity contribution is 6.00. The Hall–Kier alpha value is -4.14. The van der Waals surface area contributed by atoms with Crippen LogP contribution in [0.2, 0.25) is 0 Å². The SMILES string of the molecule is CNC(=O)CCCCCCOc1ccc(C(=C(CC(F)(F)F)c2ccccc2)c2ccc3n[nH]c(F)c3c2)cc1. The van der Waals surface area contributed by atoms with E-state index in [2.05, 4.69) is 15.5 Å². The van der Waals surface area contributed by atoms with Gasteiger partial charge in [0.1, 0.15) is 5.75 Å². The molecular weight excluding hydrogens is 522 g/mol. The maximum Gasteiger partial charge on any atom is 0.393 e. The Bertz CT molecular complexity index is 1450. The highest BCUT2D eigenvalue weighted by Crippen LogP contribution is 2.40. The standard InChI is InChI=1S/C31H31F4N3O2/c1-36-28(39)11-7-2-3-8-18-40-24-15-12-22(13-16-24)29(23-14-17-27-25(19-23)30(32)38-37-27)26(20-31(33,34)35)21-9-5-4-6-10-21/h4-6,9-10,12-17,19H,2-3,7-8,11,18,20H2,1H3,(H,36,39)(H,37,38). The lowest BCUT2D eigenvalue weighted by molar-refractivity contribution is -0.123. The Morgan fingerprint density at radius 1 is 0.900 bits per heavy atom. The number of hydrogen-bond donors (Lipinski definition) is 2. The molecule has 0 saturated heterocycles. The molecule has 4 rings (SSSR count). The van der Waals surface area contributed by atoms with Gasteiger partial charge >= 0.3 is 6.18 Å². The number of carbonyl (C=O) groups is 1. The number of amides is 1. The predicted molar refractivity (Wildman–Crippen MR) is 148 cm³/mol. The summed E-state index contributed by atoms with van der Waals surface area (Å²) in [6.45, 7) is 0.488. The van der Waals surface area contributed by atoms with E-state index in [1.54, 1.807) is 73.8 Å². The lowest BCUT2D eigenvalue weighted by Gasteiger charge is -2.19. The molecule has 9 heteroatoms. The van der Waals surface area contributed by atoms with Crippen LogP contribution in [-0.4, -0.2) is 35.9 Å². The quantitative estimate of drug-likeness (QED) is 0.107. The van der Waals surface area contributed by atoms with E-state index in [0.717, 1.165) is 25.7 Å². The Kier molecular flexibility index (Phi) is 9.58. The van der Waals surface area contributed by atoms with Crippen LogP contribution in [0.25, 0.3) is 22.0 Å². The first-order valence-electron chi connectivity index (χ1n) is 13.2. The summed E-state index contributed by atoms with van der Waals surface area (Å²) in [6, 6.07) is 20.1. The lowest BCUT2D eigenvalue weighted by atomic mass is 9.87. The van der Waals surface area contributed by atoms with Gasteiger partial charge in [-0.2, -0.15) is 22.7 Å². The third-order valence-corrected chi connectivity index (χ3v) is 6.59. The molecule has 0 aliphatic carbocycles. The number of alkyl halides is 3. The molecule has 1 aromatic heterocycles. The number of allylic oxidation sites excluding steroid dienone is 1. The van der Waals surface area contributed by atoms with Gasteiger partial charge in [-0.1, -0.05) is 61.4 Å². The van der Waals surface area contributed by atoms with E-state index in [-0.39, 0.29) is 16.9 Å². The molecule has 0 bridgehead atoms. The van der Waals surface area contributed by atoms with Crippen molar-refractivity contribution in [2.45, 2.75) is 44.7 Å². The largest absolute Gasteiger partial charge is 0.494 e. The van der Waals surface area contributed by atoms with Crippen LogP contribution < -0.4 is 10.1 Å². The number of aromatic nitrogens is 2. The summed E-state index contributed by atoms with van der Waals surface area (Å²) in [5, 5.41) is 8.99. The molecule has 0 radical (unpaired) electrons. The molecule has 0 atom stereocenters. The summed E-state index contributed by atoms with van der Waals surface area (Å²) in [5.74, 6) is -0.0160. The number of ether oxygens (including phenoxy) is 1. The van der Waals surface area contributed by atoms with E-state index in [1.165, 1.54) is 6.07 Å². The second-order valence-corrected chi connectivity index (χ2v) is 9.49. The van der Waals surface area contributed by atoms with Crippen molar-refractivity contribution < 1.29 is 27.1 Å². The van der Waals surface area contributed by atoms with Crippen molar-refractivity contribution in [3.05, 3.63) is 95.4 Å². The van der Waals surface area contributed by atoms with Crippen LogP contribution >= 0.6 is 0 Å². The fourth-order valence-electron chi connectivity index (χ4n) is 4.60. The average molecular weight is 554 g/mol. The van der Waals surface area contributed by atoms with Crippen molar-refractivity contribution >= 4 is 28.0 Å². The van der Waals surface area contributed by atoms with Gasteiger partial charge in [0.25, 0.3) is 0 Å². The van der Waals surface area contributed by atoms with E-state index < -0.39 is 18.5 Å². The number of halogens is 4. The molecule has 40 heavy (non-hydrogen) atoms. The van der Waals surface area contributed by atoms with Gasteiger partial charge in [-0.25, -0.2) is 0 Å². The van der Waals surface area contributed by atoms with E-state index in [0.29, 0.717) is 46.6 Å². The van der Waals surface area contributed by atoms with Crippen molar-refractivity contribution in [1.82, 2.24) is 15.5 Å². The van der Waals surface area contributed by atoms with Crippen molar-refractivity contribution in [3.63, 3.8) is 0 Å². The van der Waals surface area contributed by atoms with Crippen LogP contribution in [0, 0.1) is 5.95 Å². The number of fused-ring (bicyclic) bond motifs is 1. The molecule has 0 fully saturated rings. The second-order valence-electron chi connectivity index (χ2n) is 9.49. The zero-order valence-corrected chi connectivity index (χ0v) is 22.2. The van der Waals surface area contributed by atoms with Crippen molar-refractivity contribution in [3.8, 4) is 5.75 Å². The van der Waals surface area contributed by atoms with Gasteiger partial charge in [0.15, 0.2) is 0 Å². The lowest BCUT2D eigenvalue weighted by Crippen LogP contribution is -2.16. The topological polar surface area (TPSA) is 67.0 Å². The van der Waals surface area contributed by atoms with Crippen LogP contribution in [-0.2, 0) is 4.79 Å². The summed E-state index contributed by atoms with van der Waals surface area (Å²) in [4.78, 5) is 11.3. The number of nitrogens with one attached hydrogen (secondary N) is 2. The van der Waals surface area contributed by atoms with Crippen LogP contribution in [0.15, 0.2) is 72.8 Å². The summed E-state index contributed by atoms with van der Waals surface area (Å²) in [6.07, 6.45) is -1.63. The maximum absolute atomic E-state index is 14.4. The molecule has 0 aliphatic heterocycles. The molecule has 0 saturated carbocycles. The second kappa shape index (κ2) is 13.3. The Labute approximate surface area is 230 Å². The zero-order valence-electron chi connectivity index (χ0n) is 22.2. The highest BCUT2D eigenvalue weighted by atomic mass is 19.4. The molecule has 4 aromatic rings. The van der Waals surface area contributed by atoms with E-state index in [1.807, 2.05) is 0 Å². The number of H-pyrrole nitrogens is 1. The average Bonchev–Trinajstić information content (AvgIpc) is 3.32. The van der Waals surface area contributed by atoms with Crippen molar-refractivity contribution in [1.29, 1.82) is 0 Å². The van der Waals surface area contributed by atoms with Crippen molar-refractivity contribution in [2.24, 2.45) is 0 Å². The van der Waals surface area contributed by atoms with Crippen molar-refractivity contribution in [2.75, 3.05) is 13.7 Å². The number of nitrogens with zero attached hydrogens (tertiary/aromatic N) is 1. The van der Waals surface area contributed by atoms with Crippen LogP contribution in [0.3, 0.4) is 0 Å².